The lowest BCUT2D eigenvalue weighted by molar-refractivity contribution is 0.376. The molecule has 0 saturated carbocycles. The Kier molecular flexibility index (Phi) is 5.91. The first kappa shape index (κ1) is 20.2. The standard InChI is InChI=1S/C24H25ClN4O/c1-3-27-14-17(13-26)16-4-9-20-21(12-16)22(28-19-7-5-18(25)6-8-19)10-11-23-24(20)15(2)29-30-23/h4-9,12-14,22,26-28H,3,10-11H2,1-2H3/b17-14+,26-13?. The van der Waals surface area contributed by atoms with Crippen molar-refractivity contribution in [3.63, 3.8) is 0 Å². The van der Waals surface area contributed by atoms with Gasteiger partial charge in [0.15, 0.2) is 0 Å². The van der Waals surface area contributed by atoms with Crippen LogP contribution >= 0.6 is 11.6 Å². The zero-order chi connectivity index (χ0) is 21.1. The van der Waals surface area contributed by atoms with Gasteiger partial charge in [-0.1, -0.05) is 28.9 Å². The van der Waals surface area contributed by atoms with Crippen LogP contribution in [0.3, 0.4) is 0 Å². The fourth-order valence-electron chi connectivity index (χ4n) is 3.94. The van der Waals surface area contributed by atoms with Gasteiger partial charge in [0.05, 0.1) is 11.7 Å². The van der Waals surface area contributed by atoms with Crippen molar-refractivity contribution < 1.29 is 4.52 Å². The van der Waals surface area contributed by atoms with Gasteiger partial charge in [-0.2, -0.15) is 0 Å². The molecule has 2 aromatic carbocycles. The van der Waals surface area contributed by atoms with E-state index in [0.717, 1.165) is 58.8 Å². The van der Waals surface area contributed by atoms with Crippen LogP contribution in [0, 0.1) is 12.3 Å². The van der Waals surface area contributed by atoms with Crippen molar-refractivity contribution in [3.05, 3.63) is 76.3 Å². The van der Waals surface area contributed by atoms with Crippen LogP contribution < -0.4 is 10.6 Å². The molecule has 3 N–H and O–H groups in total. The van der Waals surface area contributed by atoms with E-state index in [9.17, 15) is 0 Å². The quantitative estimate of drug-likeness (QED) is 0.427. The van der Waals surface area contributed by atoms with Crippen LogP contribution in [-0.4, -0.2) is 17.9 Å². The minimum atomic E-state index is 0.0919. The number of aryl methyl sites for hydroxylation is 2. The van der Waals surface area contributed by atoms with Crippen molar-refractivity contribution in [3.8, 4) is 11.1 Å². The van der Waals surface area contributed by atoms with Crippen LogP contribution in [0.4, 0.5) is 5.69 Å². The lowest BCUT2D eigenvalue weighted by Crippen LogP contribution is -2.12. The molecule has 30 heavy (non-hydrogen) atoms. The van der Waals surface area contributed by atoms with Gasteiger partial charge >= 0.3 is 0 Å². The number of hydrogen-bond acceptors (Lipinski definition) is 5. The highest BCUT2D eigenvalue weighted by molar-refractivity contribution is 6.30. The van der Waals surface area contributed by atoms with E-state index in [1.54, 1.807) is 0 Å². The molecule has 6 heteroatoms. The van der Waals surface area contributed by atoms with Crippen molar-refractivity contribution in [2.45, 2.75) is 32.7 Å². The number of nitrogens with zero attached hydrogens (tertiary/aromatic N) is 1. The Morgan fingerprint density at radius 3 is 2.80 bits per heavy atom. The minimum Gasteiger partial charge on any atom is -0.391 e. The van der Waals surface area contributed by atoms with E-state index in [1.165, 1.54) is 11.8 Å². The maximum absolute atomic E-state index is 7.85. The van der Waals surface area contributed by atoms with Crippen molar-refractivity contribution in [2.24, 2.45) is 0 Å². The molecule has 0 fully saturated rings. The van der Waals surface area contributed by atoms with Gasteiger partial charge in [-0.25, -0.2) is 0 Å². The molecule has 1 aliphatic rings. The Labute approximate surface area is 181 Å². The summed E-state index contributed by atoms with van der Waals surface area (Å²) in [6.45, 7) is 4.84. The molecule has 1 aromatic heterocycles. The number of halogens is 1. The molecule has 0 amide bonds. The number of rotatable bonds is 6. The molecule has 4 rings (SSSR count). The zero-order valence-electron chi connectivity index (χ0n) is 17.1. The molecule has 1 aliphatic carbocycles. The van der Waals surface area contributed by atoms with Gasteiger partial charge in [0.2, 0.25) is 0 Å². The highest BCUT2D eigenvalue weighted by Gasteiger charge is 2.27. The molecule has 1 heterocycles. The number of benzene rings is 2. The summed E-state index contributed by atoms with van der Waals surface area (Å²) in [4.78, 5) is 0. The number of aromatic nitrogens is 1. The van der Waals surface area contributed by atoms with Crippen LogP contribution in [0.25, 0.3) is 16.7 Å². The smallest absolute Gasteiger partial charge is 0.144 e. The number of nitrogens with one attached hydrogen (secondary N) is 3. The van der Waals surface area contributed by atoms with Crippen molar-refractivity contribution in [1.29, 1.82) is 5.41 Å². The van der Waals surface area contributed by atoms with Crippen LogP contribution in [0.2, 0.25) is 5.02 Å². The second-order valence-electron chi connectivity index (χ2n) is 7.41. The highest BCUT2D eigenvalue weighted by Crippen LogP contribution is 2.41. The van der Waals surface area contributed by atoms with E-state index in [-0.39, 0.29) is 6.04 Å². The Morgan fingerprint density at radius 2 is 2.07 bits per heavy atom. The second kappa shape index (κ2) is 8.76. The molecule has 0 radical (unpaired) electrons. The van der Waals surface area contributed by atoms with Gasteiger partial charge in [0.25, 0.3) is 0 Å². The predicted octanol–water partition coefficient (Wildman–Crippen LogP) is 6.00. The molecule has 0 aliphatic heterocycles. The maximum Gasteiger partial charge on any atom is 0.144 e. The van der Waals surface area contributed by atoms with E-state index in [0.29, 0.717) is 5.02 Å². The van der Waals surface area contributed by atoms with Gasteiger partial charge in [-0.3, -0.25) is 0 Å². The van der Waals surface area contributed by atoms with E-state index in [1.807, 2.05) is 44.3 Å². The Morgan fingerprint density at radius 1 is 1.27 bits per heavy atom. The summed E-state index contributed by atoms with van der Waals surface area (Å²) in [5, 5.41) is 19.6. The van der Waals surface area contributed by atoms with E-state index >= 15 is 0 Å². The Balaban J connectivity index is 1.81. The molecule has 0 saturated heterocycles. The normalized spacial score (nSPS) is 15.7. The first-order valence-corrected chi connectivity index (χ1v) is 10.5. The third-order valence-corrected chi connectivity index (χ3v) is 5.68. The minimum absolute atomic E-state index is 0.0919. The van der Waals surface area contributed by atoms with Crippen molar-refractivity contribution in [2.75, 3.05) is 11.9 Å². The summed E-state index contributed by atoms with van der Waals surface area (Å²) in [6, 6.07) is 14.2. The second-order valence-corrected chi connectivity index (χ2v) is 7.85. The van der Waals surface area contributed by atoms with Gasteiger partial charge in [0.1, 0.15) is 5.76 Å². The fraction of sp³-hybridized carbons (Fsp3) is 0.250. The number of hydrogen-bond donors (Lipinski definition) is 3. The third-order valence-electron chi connectivity index (χ3n) is 5.43. The largest absolute Gasteiger partial charge is 0.391 e. The summed E-state index contributed by atoms with van der Waals surface area (Å²) < 4.78 is 5.64. The summed E-state index contributed by atoms with van der Waals surface area (Å²) in [7, 11) is 0. The predicted molar refractivity (Wildman–Crippen MR) is 123 cm³/mol. The summed E-state index contributed by atoms with van der Waals surface area (Å²) in [6.07, 6.45) is 4.95. The Bertz CT molecular complexity index is 1090. The molecule has 0 spiro atoms. The molecule has 3 aromatic rings. The first-order valence-electron chi connectivity index (χ1n) is 10.2. The first-order chi connectivity index (χ1) is 14.6. The van der Waals surface area contributed by atoms with Gasteiger partial charge in [0, 0.05) is 47.2 Å². The van der Waals surface area contributed by atoms with Crippen molar-refractivity contribution in [1.82, 2.24) is 10.5 Å². The van der Waals surface area contributed by atoms with Crippen LogP contribution in [0.5, 0.6) is 0 Å². The highest BCUT2D eigenvalue weighted by atomic mass is 35.5. The molecule has 1 atom stereocenters. The van der Waals surface area contributed by atoms with E-state index in [4.69, 9.17) is 21.5 Å². The number of allylic oxidation sites excluding steroid dienone is 1. The SMILES string of the molecule is CCN/C=C(\C=N)c1ccc2c(c1)C(Nc1ccc(Cl)cc1)CCc1onc(C)c1-2. The van der Waals surface area contributed by atoms with Crippen LogP contribution in [0.1, 0.15) is 42.0 Å². The van der Waals surface area contributed by atoms with Crippen molar-refractivity contribution >= 4 is 29.1 Å². The average molecular weight is 421 g/mol. The summed E-state index contributed by atoms with van der Waals surface area (Å²) in [5.41, 5.74) is 7.16. The number of anilines is 1. The number of fused-ring (bicyclic) bond motifs is 3. The lowest BCUT2D eigenvalue weighted by Gasteiger charge is -2.22. The van der Waals surface area contributed by atoms with Gasteiger partial charge in [-0.05, 0) is 67.3 Å². The average Bonchev–Trinajstić information content (AvgIpc) is 3.05. The third kappa shape index (κ3) is 3.98. The van der Waals surface area contributed by atoms with Gasteiger partial charge < -0.3 is 20.6 Å². The molecule has 154 valence electrons. The summed E-state index contributed by atoms with van der Waals surface area (Å²) >= 11 is 6.06. The molecular formula is C24H25ClN4O. The molecular weight excluding hydrogens is 396 g/mol. The van der Waals surface area contributed by atoms with Gasteiger partial charge in [-0.15, -0.1) is 0 Å². The Hall–Kier alpha value is -3.05. The van der Waals surface area contributed by atoms with E-state index in [2.05, 4.69) is 34.0 Å². The molecule has 5 nitrogen and oxygen atoms in total. The molecule has 0 bridgehead atoms. The van der Waals surface area contributed by atoms with E-state index < -0.39 is 0 Å². The zero-order valence-corrected chi connectivity index (χ0v) is 17.9. The maximum atomic E-state index is 7.85. The van der Waals surface area contributed by atoms with Crippen LogP contribution in [0.15, 0.2) is 53.2 Å². The lowest BCUT2D eigenvalue weighted by atomic mass is 9.92. The van der Waals surface area contributed by atoms with Crippen LogP contribution in [-0.2, 0) is 6.42 Å². The topological polar surface area (TPSA) is 73.9 Å². The fourth-order valence-corrected chi connectivity index (χ4v) is 4.07. The molecule has 1 unspecified atom stereocenters. The summed E-state index contributed by atoms with van der Waals surface area (Å²) in [5.74, 6) is 0.928. The monoisotopic (exact) mass is 420 g/mol.